The largest absolute Gasteiger partial charge is 0.507 e. The van der Waals surface area contributed by atoms with E-state index < -0.39 is 41.1 Å². The van der Waals surface area contributed by atoms with Crippen LogP contribution in [-0.2, 0) is 16.1 Å². The first-order valence-electron chi connectivity index (χ1n) is 12.9. The van der Waals surface area contributed by atoms with E-state index >= 15 is 0 Å². The Hall–Kier alpha value is -4.32. The van der Waals surface area contributed by atoms with Gasteiger partial charge >= 0.3 is 12.1 Å². The highest BCUT2D eigenvalue weighted by molar-refractivity contribution is 5.90. The van der Waals surface area contributed by atoms with Crippen LogP contribution in [0.4, 0.5) is 13.2 Å². The molecule has 2 aromatic heterocycles. The summed E-state index contributed by atoms with van der Waals surface area (Å²) in [4.78, 5) is 26.7. The lowest BCUT2D eigenvalue weighted by atomic mass is 9.85. The first-order valence-corrected chi connectivity index (χ1v) is 12.9. The molecule has 2 atom stereocenters. The van der Waals surface area contributed by atoms with Crippen LogP contribution in [-0.4, -0.2) is 63.3 Å². The Morgan fingerprint density at radius 3 is 2.59 bits per heavy atom. The number of fused-ring (bicyclic) bond motifs is 1. The summed E-state index contributed by atoms with van der Waals surface area (Å²) in [7, 11) is 1.66. The van der Waals surface area contributed by atoms with E-state index in [0.717, 1.165) is 23.0 Å². The van der Waals surface area contributed by atoms with Crippen molar-refractivity contribution < 1.29 is 37.3 Å². The van der Waals surface area contributed by atoms with E-state index in [1.165, 1.54) is 6.07 Å². The molecule has 0 spiro atoms. The molecule has 1 saturated heterocycles. The maximum atomic E-state index is 13.2. The van der Waals surface area contributed by atoms with Crippen molar-refractivity contribution in [2.45, 2.75) is 45.0 Å². The van der Waals surface area contributed by atoms with Crippen molar-refractivity contribution in [2.75, 3.05) is 20.1 Å². The first kappa shape index (κ1) is 28.2. The van der Waals surface area contributed by atoms with Gasteiger partial charge in [0, 0.05) is 41.4 Å². The molecule has 5 rings (SSSR count). The van der Waals surface area contributed by atoms with Crippen LogP contribution in [0.5, 0.6) is 11.5 Å². The third-order valence-electron chi connectivity index (χ3n) is 7.27. The average Bonchev–Trinajstić information content (AvgIpc) is 3.20. The first-order chi connectivity index (χ1) is 19.3. The summed E-state index contributed by atoms with van der Waals surface area (Å²) in [5.74, 6) is -4.21. The molecule has 41 heavy (non-hydrogen) atoms. The molecule has 0 saturated carbocycles. The number of aromatic hydroxyl groups is 2. The SMILES string of the molecule is Cc1cc(C)n(Cc2cccc(-c3cc(=O)c4c(O)cc(O)c([C@H]5CCN(C)C[C@H]5OC(=O)C(F)(F)F)c4o3)c2)n1. The number of piperidine rings is 1. The van der Waals surface area contributed by atoms with E-state index in [9.17, 15) is 33.0 Å². The standard InChI is InChI=1S/C29H28F3N3O6/c1-15-9-16(2)35(33-15)13-17-5-4-6-18(10-17)23-12-22(38)26-21(37)11-20(36)25(27(26)40-23)19-7-8-34(3)14-24(19)41-28(39)29(30,31)32/h4-6,9-12,19,24,36-37H,7-8,13-14H2,1-3H3/t19-,24+/m0/s1. The van der Waals surface area contributed by atoms with Crippen molar-refractivity contribution in [3.05, 3.63) is 75.2 Å². The second kappa shape index (κ2) is 10.6. The van der Waals surface area contributed by atoms with E-state index in [1.54, 1.807) is 24.1 Å². The van der Waals surface area contributed by atoms with Crippen LogP contribution in [0.15, 0.2) is 51.7 Å². The molecule has 1 fully saturated rings. The number of esters is 1. The number of hydrogen-bond acceptors (Lipinski definition) is 8. The van der Waals surface area contributed by atoms with E-state index in [4.69, 9.17) is 9.15 Å². The summed E-state index contributed by atoms with van der Waals surface area (Å²) in [5, 5.41) is 25.7. The van der Waals surface area contributed by atoms with Crippen LogP contribution < -0.4 is 5.43 Å². The lowest BCUT2D eigenvalue weighted by Crippen LogP contribution is -2.45. The van der Waals surface area contributed by atoms with Gasteiger partial charge in [-0.1, -0.05) is 18.2 Å². The average molecular weight is 572 g/mol. The molecule has 12 heteroatoms. The molecule has 216 valence electrons. The monoisotopic (exact) mass is 571 g/mol. The third kappa shape index (κ3) is 5.64. The second-order valence-corrected chi connectivity index (χ2v) is 10.4. The highest BCUT2D eigenvalue weighted by Crippen LogP contribution is 2.43. The molecule has 1 aliphatic rings. The van der Waals surface area contributed by atoms with Crippen molar-refractivity contribution in [2.24, 2.45) is 0 Å². The number of benzene rings is 2. The molecule has 2 N–H and O–H groups in total. The van der Waals surface area contributed by atoms with Crippen molar-refractivity contribution in [3.8, 4) is 22.8 Å². The van der Waals surface area contributed by atoms with E-state index in [1.807, 2.05) is 36.7 Å². The molecule has 0 bridgehead atoms. The Labute approximate surface area is 232 Å². The van der Waals surface area contributed by atoms with Crippen LogP contribution in [0.2, 0.25) is 0 Å². The molecule has 0 radical (unpaired) electrons. The van der Waals surface area contributed by atoms with Crippen LogP contribution in [0, 0.1) is 13.8 Å². The van der Waals surface area contributed by atoms with Gasteiger partial charge < -0.3 is 24.3 Å². The number of nitrogens with zero attached hydrogens (tertiary/aromatic N) is 3. The van der Waals surface area contributed by atoms with Gasteiger partial charge in [0.15, 0.2) is 5.43 Å². The fourth-order valence-electron chi connectivity index (χ4n) is 5.38. The van der Waals surface area contributed by atoms with Crippen LogP contribution >= 0.6 is 0 Å². The summed E-state index contributed by atoms with van der Waals surface area (Å²) in [5.41, 5.74) is 2.44. The fourth-order valence-corrected chi connectivity index (χ4v) is 5.38. The molecule has 3 heterocycles. The number of carbonyl (C=O) groups is 1. The summed E-state index contributed by atoms with van der Waals surface area (Å²) in [6, 6.07) is 11.3. The number of aryl methyl sites for hydroxylation is 2. The molecular formula is C29H28F3N3O6. The zero-order chi connectivity index (χ0) is 29.6. The number of aromatic nitrogens is 2. The highest BCUT2D eigenvalue weighted by atomic mass is 19.4. The number of ether oxygens (including phenoxy) is 1. The van der Waals surface area contributed by atoms with Crippen LogP contribution in [0.3, 0.4) is 0 Å². The predicted molar refractivity (Wildman–Crippen MR) is 143 cm³/mol. The number of phenols is 2. The molecule has 0 amide bonds. The Balaban J connectivity index is 1.61. The lowest BCUT2D eigenvalue weighted by Gasteiger charge is -2.36. The number of rotatable bonds is 5. The summed E-state index contributed by atoms with van der Waals surface area (Å²) >= 11 is 0. The molecule has 9 nitrogen and oxygen atoms in total. The van der Waals surface area contributed by atoms with E-state index in [0.29, 0.717) is 18.7 Å². The van der Waals surface area contributed by atoms with E-state index in [2.05, 4.69) is 5.10 Å². The number of likely N-dealkylation sites (tertiary alicyclic amines) is 1. The summed E-state index contributed by atoms with van der Waals surface area (Å²) in [6.45, 7) is 4.65. The predicted octanol–water partition coefficient (Wildman–Crippen LogP) is 4.63. The van der Waals surface area contributed by atoms with Crippen molar-refractivity contribution in [1.29, 1.82) is 0 Å². The molecule has 1 aliphatic heterocycles. The zero-order valence-electron chi connectivity index (χ0n) is 22.5. The molecule has 2 aromatic carbocycles. The third-order valence-corrected chi connectivity index (χ3v) is 7.27. The molecule has 0 aliphatic carbocycles. The van der Waals surface area contributed by atoms with Crippen molar-refractivity contribution >= 4 is 16.9 Å². The number of alkyl halides is 3. The number of phenolic OH excluding ortho intramolecular Hbond substituents is 2. The Kier molecular flexibility index (Phi) is 7.28. The van der Waals surface area contributed by atoms with Crippen LogP contribution in [0.25, 0.3) is 22.3 Å². The minimum Gasteiger partial charge on any atom is -0.507 e. The summed E-state index contributed by atoms with van der Waals surface area (Å²) < 4.78 is 52.0. The van der Waals surface area contributed by atoms with Gasteiger partial charge in [-0.05, 0) is 51.6 Å². The van der Waals surface area contributed by atoms with Gasteiger partial charge in [0.1, 0.15) is 34.3 Å². The van der Waals surface area contributed by atoms with Gasteiger partial charge in [-0.3, -0.25) is 9.48 Å². The van der Waals surface area contributed by atoms with Gasteiger partial charge in [0.2, 0.25) is 0 Å². The maximum Gasteiger partial charge on any atom is 0.490 e. The van der Waals surface area contributed by atoms with Gasteiger partial charge in [-0.25, -0.2) is 4.79 Å². The highest BCUT2D eigenvalue weighted by Gasteiger charge is 2.45. The van der Waals surface area contributed by atoms with Gasteiger partial charge in [-0.15, -0.1) is 0 Å². The quantitative estimate of drug-likeness (QED) is 0.333. The minimum atomic E-state index is -5.21. The second-order valence-electron chi connectivity index (χ2n) is 10.4. The van der Waals surface area contributed by atoms with Crippen LogP contribution in [0.1, 0.15) is 34.9 Å². The Morgan fingerprint density at radius 2 is 1.90 bits per heavy atom. The number of likely N-dealkylation sites (N-methyl/N-ethyl adjacent to an activating group) is 1. The van der Waals surface area contributed by atoms with Gasteiger partial charge in [0.25, 0.3) is 0 Å². The van der Waals surface area contributed by atoms with Crippen molar-refractivity contribution in [1.82, 2.24) is 14.7 Å². The minimum absolute atomic E-state index is 0.0105. The Bertz CT molecular complexity index is 1690. The van der Waals surface area contributed by atoms with Crippen molar-refractivity contribution in [3.63, 3.8) is 0 Å². The number of halogens is 3. The van der Waals surface area contributed by atoms with E-state index in [-0.39, 0.29) is 35.3 Å². The molecular weight excluding hydrogens is 543 g/mol. The topological polar surface area (TPSA) is 118 Å². The summed E-state index contributed by atoms with van der Waals surface area (Å²) in [6.07, 6.45) is -6.33. The maximum absolute atomic E-state index is 13.2. The smallest absolute Gasteiger partial charge is 0.490 e. The Morgan fingerprint density at radius 1 is 1.15 bits per heavy atom. The van der Waals surface area contributed by atoms with Gasteiger partial charge in [0.05, 0.1) is 12.2 Å². The zero-order valence-corrected chi connectivity index (χ0v) is 22.5. The molecule has 4 aromatic rings. The lowest BCUT2D eigenvalue weighted by molar-refractivity contribution is -0.207. The number of carbonyl (C=O) groups excluding carboxylic acids is 1. The normalized spacial score (nSPS) is 18.1. The molecule has 0 unspecified atom stereocenters. The fraction of sp³-hybridized carbons (Fsp3) is 0.345. The number of hydrogen-bond donors (Lipinski definition) is 2. The van der Waals surface area contributed by atoms with Gasteiger partial charge in [-0.2, -0.15) is 18.3 Å².